The van der Waals surface area contributed by atoms with Gasteiger partial charge in [-0.05, 0) is 25.5 Å². The Morgan fingerprint density at radius 1 is 1.38 bits per heavy atom. The van der Waals surface area contributed by atoms with Gasteiger partial charge in [0.15, 0.2) is 11.6 Å². The van der Waals surface area contributed by atoms with Gasteiger partial charge in [0.25, 0.3) is 15.0 Å². The van der Waals surface area contributed by atoms with Gasteiger partial charge in [0.2, 0.25) is 0 Å². The third-order valence-corrected chi connectivity index (χ3v) is 4.21. The number of hydrogen-bond donors (Lipinski definition) is 0. The first kappa shape index (κ1) is 17.7. The molecular formula is C13H17ClFNO4S. The summed E-state index contributed by atoms with van der Waals surface area (Å²) < 4.78 is 41.6. The molecule has 0 aliphatic heterocycles. The first-order valence-electron chi connectivity index (χ1n) is 6.37. The Labute approximate surface area is 128 Å². The van der Waals surface area contributed by atoms with Crippen molar-refractivity contribution in [1.82, 2.24) is 4.90 Å². The summed E-state index contributed by atoms with van der Waals surface area (Å²) in [5.41, 5.74) is -0.0807. The molecule has 0 bridgehead atoms. The molecule has 0 atom stereocenters. The predicted molar refractivity (Wildman–Crippen MR) is 77.9 cm³/mol. The molecular weight excluding hydrogens is 321 g/mol. The lowest BCUT2D eigenvalue weighted by atomic mass is 10.1. The van der Waals surface area contributed by atoms with Crippen LogP contribution in [0.5, 0.6) is 5.75 Å². The van der Waals surface area contributed by atoms with Gasteiger partial charge in [-0.3, -0.25) is 4.79 Å². The molecule has 0 spiro atoms. The highest BCUT2D eigenvalue weighted by Crippen LogP contribution is 2.31. The van der Waals surface area contributed by atoms with E-state index in [1.807, 2.05) is 6.92 Å². The molecule has 0 saturated carbocycles. The van der Waals surface area contributed by atoms with Crippen LogP contribution in [0.15, 0.2) is 17.0 Å². The SMILES string of the molecule is CCCN(CC)C(=O)c1cc(F)c(OC)c(S(=O)(=O)Cl)c1. The van der Waals surface area contributed by atoms with Crippen LogP contribution in [0.2, 0.25) is 0 Å². The molecule has 1 aromatic rings. The van der Waals surface area contributed by atoms with Gasteiger partial charge in [-0.25, -0.2) is 12.8 Å². The van der Waals surface area contributed by atoms with E-state index in [9.17, 15) is 17.6 Å². The molecule has 0 radical (unpaired) electrons. The molecule has 0 N–H and O–H groups in total. The number of ether oxygens (including phenoxy) is 1. The number of halogens is 2. The monoisotopic (exact) mass is 337 g/mol. The van der Waals surface area contributed by atoms with Gasteiger partial charge < -0.3 is 9.64 Å². The van der Waals surface area contributed by atoms with E-state index in [-0.39, 0.29) is 5.56 Å². The quantitative estimate of drug-likeness (QED) is 0.749. The lowest BCUT2D eigenvalue weighted by molar-refractivity contribution is 0.0763. The second-order valence-corrected chi connectivity index (χ2v) is 6.85. The summed E-state index contributed by atoms with van der Waals surface area (Å²) in [6.07, 6.45) is 0.735. The fourth-order valence-electron chi connectivity index (χ4n) is 1.93. The molecule has 0 aromatic heterocycles. The van der Waals surface area contributed by atoms with Crippen LogP contribution in [-0.2, 0) is 9.05 Å². The van der Waals surface area contributed by atoms with E-state index in [0.717, 1.165) is 25.7 Å². The summed E-state index contributed by atoms with van der Waals surface area (Å²) in [6, 6.07) is 1.98. The molecule has 0 unspecified atom stereocenters. The van der Waals surface area contributed by atoms with E-state index in [4.69, 9.17) is 15.4 Å². The Bertz CT molecular complexity index is 633. The molecule has 1 rings (SSSR count). The highest BCUT2D eigenvalue weighted by Gasteiger charge is 2.25. The normalized spacial score (nSPS) is 11.3. The minimum atomic E-state index is -4.23. The smallest absolute Gasteiger partial charge is 0.265 e. The second-order valence-electron chi connectivity index (χ2n) is 4.31. The molecule has 0 aliphatic rings. The minimum absolute atomic E-state index is 0.0807. The van der Waals surface area contributed by atoms with Gasteiger partial charge in [0.1, 0.15) is 4.90 Å². The van der Waals surface area contributed by atoms with Crippen LogP contribution in [-0.4, -0.2) is 39.4 Å². The van der Waals surface area contributed by atoms with Crippen molar-refractivity contribution in [2.24, 2.45) is 0 Å². The van der Waals surface area contributed by atoms with Gasteiger partial charge in [-0.2, -0.15) is 0 Å². The van der Waals surface area contributed by atoms with Crippen molar-refractivity contribution in [2.45, 2.75) is 25.2 Å². The third-order valence-electron chi connectivity index (χ3n) is 2.89. The van der Waals surface area contributed by atoms with Crippen LogP contribution in [0, 0.1) is 5.82 Å². The molecule has 8 heteroatoms. The van der Waals surface area contributed by atoms with Crippen molar-refractivity contribution in [1.29, 1.82) is 0 Å². The van der Waals surface area contributed by atoms with E-state index in [1.165, 1.54) is 4.90 Å². The summed E-state index contributed by atoms with van der Waals surface area (Å²) in [7, 11) is 2.16. The molecule has 0 fully saturated rings. The van der Waals surface area contributed by atoms with Gasteiger partial charge in [0.05, 0.1) is 7.11 Å². The predicted octanol–water partition coefficient (Wildman–Crippen LogP) is 2.63. The van der Waals surface area contributed by atoms with E-state index in [1.54, 1.807) is 6.92 Å². The van der Waals surface area contributed by atoms with Crippen molar-refractivity contribution in [2.75, 3.05) is 20.2 Å². The van der Waals surface area contributed by atoms with Gasteiger partial charge in [-0.15, -0.1) is 0 Å². The highest BCUT2D eigenvalue weighted by atomic mass is 35.7. The number of hydrogen-bond acceptors (Lipinski definition) is 4. The van der Waals surface area contributed by atoms with E-state index >= 15 is 0 Å². The number of rotatable bonds is 6. The largest absolute Gasteiger partial charge is 0.492 e. The fraction of sp³-hybridized carbons (Fsp3) is 0.462. The van der Waals surface area contributed by atoms with Crippen molar-refractivity contribution in [3.63, 3.8) is 0 Å². The topological polar surface area (TPSA) is 63.7 Å². The maximum atomic E-state index is 13.9. The average Bonchev–Trinajstić information content (AvgIpc) is 2.42. The maximum absolute atomic E-state index is 13.9. The van der Waals surface area contributed by atoms with E-state index in [2.05, 4.69) is 0 Å². The molecule has 5 nitrogen and oxygen atoms in total. The number of carbonyl (C=O) groups is 1. The molecule has 0 aliphatic carbocycles. The van der Waals surface area contributed by atoms with Crippen molar-refractivity contribution in [3.05, 3.63) is 23.5 Å². The maximum Gasteiger partial charge on any atom is 0.265 e. The Balaban J connectivity index is 3.40. The van der Waals surface area contributed by atoms with Crippen LogP contribution in [0.4, 0.5) is 4.39 Å². The lowest BCUT2D eigenvalue weighted by Crippen LogP contribution is -2.31. The zero-order valence-corrected chi connectivity index (χ0v) is 13.6. The summed E-state index contributed by atoms with van der Waals surface area (Å²) in [6.45, 7) is 4.61. The van der Waals surface area contributed by atoms with Crippen LogP contribution >= 0.6 is 10.7 Å². The summed E-state index contributed by atoms with van der Waals surface area (Å²) in [5, 5.41) is 0. The number of methoxy groups -OCH3 is 1. The van der Waals surface area contributed by atoms with Gasteiger partial charge in [0, 0.05) is 29.3 Å². The highest BCUT2D eigenvalue weighted by molar-refractivity contribution is 8.13. The summed E-state index contributed by atoms with van der Waals surface area (Å²) in [5.74, 6) is -1.90. The van der Waals surface area contributed by atoms with Crippen LogP contribution in [0.3, 0.4) is 0 Å². The second kappa shape index (κ2) is 7.09. The Morgan fingerprint density at radius 2 is 2.00 bits per heavy atom. The molecule has 21 heavy (non-hydrogen) atoms. The fourth-order valence-corrected chi connectivity index (χ4v) is 2.94. The minimum Gasteiger partial charge on any atom is -0.492 e. The van der Waals surface area contributed by atoms with Crippen molar-refractivity contribution >= 4 is 25.6 Å². The zero-order chi connectivity index (χ0) is 16.2. The number of amides is 1. The molecule has 0 saturated heterocycles. The summed E-state index contributed by atoms with van der Waals surface area (Å²) in [4.78, 5) is 13.2. The van der Waals surface area contributed by atoms with Gasteiger partial charge >= 0.3 is 0 Å². The van der Waals surface area contributed by atoms with E-state index < -0.39 is 31.4 Å². The number of benzene rings is 1. The summed E-state index contributed by atoms with van der Waals surface area (Å²) >= 11 is 0. The first-order chi connectivity index (χ1) is 9.76. The van der Waals surface area contributed by atoms with Crippen LogP contribution in [0.25, 0.3) is 0 Å². The first-order valence-corrected chi connectivity index (χ1v) is 8.68. The Morgan fingerprint density at radius 3 is 2.43 bits per heavy atom. The molecule has 118 valence electrons. The number of nitrogens with zero attached hydrogens (tertiary/aromatic N) is 1. The Hall–Kier alpha value is -1.34. The third kappa shape index (κ3) is 4.07. The van der Waals surface area contributed by atoms with Gasteiger partial charge in [-0.1, -0.05) is 6.92 Å². The number of carbonyl (C=O) groups excluding carboxylic acids is 1. The van der Waals surface area contributed by atoms with Crippen molar-refractivity contribution < 1.29 is 22.3 Å². The van der Waals surface area contributed by atoms with E-state index in [0.29, 0.717) is 13.1 Å². The molecule has 1 amide bonds. The molecule has 1 aromatic carbocycles. The average molecular weight is 338 g/mol. The van der Waals surface area contributed by atoms with Crippen LogP contribution < -0.4 is 4.74 Å². The zero-order valence-electron chi connectivity index (χ0n) is 12.0. The molecule has 0 heterocycles. The van der Waals surface area contributed by atoms with Crippen LogP contribution in [0.1, 0.15) is 30.6 Å². The lowest BCUT2D eigenvalue weighted by Gasteiger charge is -2.20. The van der Waals surface area contributed by atoms with Crippen molar-refractivity contribution in [3.8, 4) is 5.75 Å². The standard InChI is InChI=1S/C13H17ClFNO4S/c1-4-6-16(5-2)13(17)9-7-10(15)12(20-3)11(8-9)21(14,18)19/h7-8H,4-6H2,1-3H3. The Kier molecular flexibility index (Phi) is 5.98.